The summed E-state index contributed by atoms with van der Waals surface area (Å²) in [4.78, 5) is 31.9. The van der Waals surface area contributed by atoms with Gasteiger partial charge in [-0.3, -0.25) is 9.59 Å². The van der Waals surface area contributed by atoms with E-state index in [0.29, 0.717) is 49.4 Å². The fourth-order valence-electron chi connectivity index (χ4n) is 3.10. The molecule has 0 saturated heterocycles. The number of hydrogen-bond acceptors (Lipinski definition) is 3. The van der Waals surface area contributed by atoms with Crippen molar-refractivity contribution in [3.8, 4) is 11.4 Å². The van der Waals surface area contributed by atoms with Gasteiger partial charge in [0.15, 0.2) is 0 Å². The Kier molecular flexibility index (Phi) is 5.44. The summed E-state index contributed by atoms with van der Waals surface area (Å²) >= 11 is 12.3. The second-order valence-electron chi connectivity index (χ2n) is 6.63. The SMILES string of the molecule is CC(=O)Nc1cccc(Cl)c1-c1nc2ccc(C(=O)Nc3cccc(Cl)c3)cc2[nH]1. The number of nitrogens with zero attached hydrogens (tertiary/aromatic N) is 1. The Labute approximate surface area is 182 Å². The summed E-state index contributed by atoms with van der Waals surface area (Å²) in [6.45, 7) is 1.42. The Morgan fingerprint density at radius 1 is 0.967 bits per heavy atom. The third-order valence-corrected chi connectivity index (χ3v) is 4.94. The lowest BCUT2D eigenvalue weighted by molar-refractivity contribution is -0.114. The van der Waals surface area contributed by atoms with E-state index < -0.39 is 0 Å². The quantitative estimate of drug-likeness (QED) is 0.379. The molecule has 2 amide bonds. The minimum Gasteiger partial charge on any atom is -0.338 e. The molecule has 3 N–H and O–H groups in total. The molecule has 0 saturated carbocycles. The normalized spacial score (nSPS) is 10.8. The molecule has 0 spiro atoms. The highest BCUT2D eigenvalue weighted by Gasteiger charge is 2.16. The van der Waals surface area contributed by atoms with E-state index in [2.05, 4.69) is 20.6 Å². The minimum absolute atomic E-state index is 0.213. The highest BCUT2D eigenvalue weighted by molar-refractivity contribution is 6.34. The van der Waals surface area contributed by atoms with Crippen LogP contribution in [0.3, 0.4) is 0 Å². The van der Waals surface area contributed by atoms with Crippen LogP contribution in [0.5, 0.6) is 0 Å². The number of aromatic nitrogens is 2. The molecular weight excluding hydrogens is 423 g/mol. The van der Waals surface area contributed by atoms with Gasteiger partial charge in [-0.25, -0.2) is 4.98 Å². The number of fused-ring (bicyclic) bond motifs is 1. The smallest absolute Gasteiger partial charge is 0.255 e. The van der Waals surface area contributed by atoms with E-state index in [1.807, 2.05) is 0 Å². The Bertz CT molecular complexity index is 1280. The molecule has 6 nitrogen and oxygen atoms in total. The summed E-state index contributed by atoms with van der Waals surface area (Å²) in [5.41, 5.74) is 3.52. The average molecular weight is 439 g/mol. The predicted molar refractivity (Wildman–Crippen MR) is 120 cm³/mol. The van der Waals surface area contributed by atoms with Crippen molar-refractivity contribution in [2.75, 3.05) is 10.6 Å². The fraction of sp³-hybridized carbons (Fsp3) is 0.0455. The fourth-order valence-corrected chi connectivity index (χ4v) is 3.55. The van der Waals surface area contributed by atoms with E-state index in [4.69, 9.17) is 23.2 Å². The molecule has 150 valence electrons. The largest absolute Gasteiger partial charge is 0.338 e. The first-order chi connectivity index (χ1) is 14.4. The van der Waals surface area contributed by atoms with Gasteiger partial charge in [-0.15, -0.1) is 0 Å². The van der Waals surface area contributed by atoms with Gasteiger partial charge in [-0.1, -0.05) is 35.3 Å². The van der Waals surface area contributed by atoms with Crippen LogP contribution in [0.2, 0.25) is 10.0 Å². The van der Waals surface area contributed by atoms with Crippen LogP contribution in [-0.4, -0.2) is 21.8 Å². The van der Waals surface area contributed by atoms with Crippen molar-refractivity contribution in [3.63, 3.8) is 0 Å². The number of rotatable bonds is 4. The van der Waals surface area contributed by atoms with Crippen molar-refractivity contribution in [1.82, 2.24) is 9.97 Å². The number of halogens is 2. The molecule has 8 heteroatoms. The van der Waals surface area contributed by atoms with E-state index in [9.17, 15) is 9.59 Å². The topological polar surface area (TPSA) is 86.9 Å². The summed E-state index contributed by atoms with van der Waals surface area (Å²) < 4.78 is 0. The number of carbonyl (C=O) groups is 2. The maximum absolute atomic E-state index is 12.6. The van der Waals surface area contributed by atoms with Crippen LogP contribution >= 0.6 is 23.2 Å². The van der Waals surface area contributed by atoms with E-state index in [1.165, 1.54) is 6.92 Å². The zero-order valence-electron chi connectivity index (χ0n) is 15.8. The number of nitrogens with one attached hydrogen (secondary N) is 3. The van der Waals surface area contributed by atoms with E-state index in [-0.39, 0.29) is 11.8 Å². The molecule has 0 bridgehead atoms. The number of imidazole rings is 1. The highest BCUT2D eigenvalue weighted by Crippen LogP contribution is 2.34. The molecule has 1 heterocycles. The first-order valence-corrected chi connectivity index (χ1v) is 9.79. The van der Waals surface area contributed by atoms with Gasteiger partial charge in [-0.05, 0) is 48.5 Å². The lowest BCUT2D eigenvalue weighted by atomic mass is 10.1. The molecule has 0 aliphatic heterocycles. The van der Waals surface area contributed by atoms with Crippen molar-refractivity contribution >= 4 is 57.4 Å². The number of hydrogen-bond donors (Lipinski definition) is 3. The summed E-state index contributed by atoms with van der Waals surface area (Å²) in [6, 6.07) is 17.3. The van der Waals surface area contributed by atoms with Crippen molar-refractivity contribution < 1.29 is 9.59 Å². The van der Waals surface area contributed by atoms with E-state index in [0.717, 1.165) is 0 Å². The van der Waals surface area contributed by atoms with Crippen molar-refractivity contribution in [1.29, 1.82) is 0 Å². The van der Waals surface area contributed by atoms with Gasteiger partial charge < -0.3 is 15.6 Å². The van der Waals surface area contributed by atoms with Gasteiger partial charge in [0, 0.05) is 23.2 Å². The summed E-state index contributed by atoms with van der Waals surface area (Å²) in [6.07, 6.45) is 0. The Morgan fingerprint density at radius 2 is 1.77 bits per heavy atom. The summed E-state index contributed by atoms with van der Waals surface area (Å²) in [5, 5.41) is 6.56. The third kappa shape index (κ3) is 4.15. The Balaban J connectivity index is 1.68. The van der Waals surface area contributed by atoms with Gasteiger partial charge in [0.2, 0.25) is 5.91 Å². The van der Waals surface area contributed by atoms with Gasteiger partial charge >= 0.3 is 0 Å². The molecule has 0 radical (unpaired) electrons. The maximum Gasteiger partial charge on any atom is 0.255 e. The van der Waals surface area contributed by atoms with Crippen LogP contribution in [-0.2, 0) is 4.79 Å². The number of carbonyl (C=O) groups excluding carboxylic acids is 2. The summed E-state index contributed by atoms with van der Waals surface area (Å²) in [7, 11) is 0. The van der Waals surface area contributed by atoms with Crippen LogP contribution in [0, 0.1) is 0 Å². The first kappa shape index (κ1) is 19.9. The van der Waals surface area contributed by atoms with Gasteiger partial charge in [-0.2, -0.15) is 0 Å². The second kappa shape index (κ2) is 8.18. The Morgan fingerprint density at radius 3 is 2.53 bits per heavy atom. The number of aromatic amines is 1. The van der Waals surface area contributed by atoms with Crippen LogP contribution in [0.15, 0.2) is 60.7 Å². The number of amides is 2. The molecule has 3 aromatic carbocycles. The minimum atomic E-state index is -0.271. The van der Waals surface area contributed by atoms with Crippen molar-refractivity contribution in [2.24, 2.45) is 0 Å². The highest BCUT2D eigenvalue weighted by atomic mass is 35.5. The average Bonchev–Trinajstić information content (AvgIpc) is 3.10. The third-order valence-electron chi connectivity index (χ3n) is 4.39. The maximum atomic E-state index is 12.6. The molecule has 0 fully saturated rings. The Hall–Kier alpha value is -3.35. The molecule has 30 heavy (non-hydrogen) atoms. The predicted octanol–water partition coefficient (Wildman–Crippen LogP) is 5.75. The molecular formula is C22H16Cl2N4O2. The molecule has 1 aromatic heterocycles. The molecule has 4 rings (SSSR count). The van der Waals surface area contributed by atoms with Gasteiger partial charge in [0.25, 0.3) is 5.91 Å². The lowest BCUT2D eigenvalue weighted by Crippen LogP contribution is -2.11. The van der Waals surface area contributed by atoms with E-state index in [1.54, 1.807) is 60.7 Å². The standard InChI is InChI=1S/C22H16Cl2N4O2/c1-12(29)25-18-7-3-6-16(24)20(18)21-27-17-9-8-13(10-19(17)28-21)22(30)26-15-5-2-4-14(23)11-15/h2-11H,1H3,(H,25,29)(H,26,30)(H,27,28). The number of benzene rings is 3. The lowest BCUT2D eigenvalue weighted by Gasteiger charge is -2.09. The van der Waals surface area contributed by atoms with Crippen LogP contribution in [0.25, 0.3) is 22.4 Å². The molecule has 0 unspecified atom stereocenters. The van der Waals surface area contributed by atoms with Gasteiger partial charge in [0.05, 0.1) is 27.3 Å². The molecule has 0 aliphatic carbocycles. The summed E-state index contributed by atoms with van der Waals surface area (Å²) in [5.74, 6) is 0.00773. The molecule has 4 aromatic rings. The van der Waals surface area contributed by atoms with Gasteiger partial charge in [0.1, 0.15) is 5.82 Å². The zero-order chi connectivity index (χ0) is 21.3. The van der Waals surface area contributed by atoms with Crippen LogP contribution in [0.4, 0.5) is 11.4 Å². The second-order valence-corrected chi connectivity index (χ2v) is 7.47. The van der Waals surface area contributed by atoms with E-state index >= 15 is 0 Å². The number of anilines is 2. The molecule has 0 aliphatic rings. The number of H-pyrrole nitrogens is 1. The van der Waals surface area contributed by atoms with Crippen LogP contribution < -0.4 is 10.6 Å². The first-order valence-electron chi connectivity index (χ1n) is 9.04. The monoisotopic (exact) mass is 438 g/mol. The van der Waals surface area contributed by atoms with Crippen LogP contribution in [0.1, 0.15) is 17.3 Å². The molecule has 0 atom stereocenters. The van der Waals surface area contributed by atoms with Crippen molar-refractivity contribution in [3.05, 3.63) is 76.3 Å². The zero-order valence-corrected chi connectivity index (χ0v) is 17.3. The van der Waals surface area contributed by atoms with Crippen molar-refractivity contribution in [2.45, 2.75) is 6.92 Å².